The molecule has 3 heterocycles. The van der Waals surface area contributed by atoms with Crippen LogP contribution in [-0.2, 0) is 6.42 Å². The number of rotatable bonds is 6. The molecule has 0 saturated carbocycles. The average Bonchev–Trinajstić information content (AvgIpc) is 3.54. The Morgan fingerprint density at radius 1 is 1.03 bits per heavy atom. The standard InChI is InChI=1S/C27H24BrFN4O3/c28-24-11-14-36-25(24)26(34)31-22-16-30-33(17-22)23-9-12-32(13-10-23)27(35)20-5-1-18(2-6-20)15-19-3-7-21(29)8-4-19/h1-8,11,14,16-17,23H,9-10,12-13,15H2,(H,31,34). The van der Waals surface area contributed by atoms with Crippen molar-refractivity contribution in [2.75, 3.05) is 18.4 Å². The van der Waals surface area contributed by atoms with E-state index in [0.29, 0.717) is 35.2 Å². The van der Waals surface area contributed by atoms with Crippen LogP contribution >= 0.6 is 15.9 Å². The molecule has 1 aliphatic rings. The van der Waals surface area contributed by atoms with Gasteiger partial charge in [-0.3, -0.25) is 14.3 Å². The topological polar surface area (TPSA) is 80.4 Å². The molecule has 184 valence electrons. The van der Waals surface area contributed by atoms with E-state index in [1.54, 1.807) is 30.6 Å². The molecule has 1 saturated heterocycles. The highest BCUT2D eigenvalue weighted by molar-refractivity contribution is 9.10. The van der Waals surface area contributed by atoms with E-state index in [4.69, 9.17) is 4.42 Å². The zero-order chi connectivity index (χ0) is 25.1. The van der Waals surface area contributed by atoms with Crippen LogP contribution in [0.5, 0.6) is 0 Å². The van der Waals surface area contributed by atoms with Gasteiger partial charge in [-0.2, -0.15) is 5.10 Å². The number of carbonyl (C=O) groups is 2. The molecular weight excluding hydrogens is 527 g/mol. The van der Waals surface area contributed by atoms with Gasteiger partial charge in [-0.15, -0.1) is 0 Å². The predicted octanol–water partition coefficient (Wildman–Crippen LogP) is 5.70. The highest BCUT2D eigenvalue weighted by Crippen LogP contribution is 2.25. The first kappa shape index (κ1) is 24.0. The second-order valence-corrected chi connectivity index (χ2v) is 9.64. The summed E-state index contributed by atoms with van der Waals surface area (Å²) in [5.74, 6) is -0.380. The van der Waals surface area contributed by atoms with Crippen molar-refractivity contribution in [2.24, 2.45) is 0 Å². The quantitative estimate of drug-likeness (QED) is 0.334. The molecule has 5 rings (SSSR count). The van der Waals surface area contributed by atoms with E-state index < -0.39 is 0 Å². The normalized spacial score (nSPS) is 14.1. The summed E-state index contributed by atoms with van der Waals surface area (Å²) in [4.78, 5) is 27.2. The molecule has 0 aliphatic carbocycles. The van der Waals surface area contributed by atoms with Gasteiger partial charge < -0.3 is 14.6 Å². The molecule has 0 radical (unpaired) electrons. The number of hydrogen-bond acceptors (Lipinski definition) is 4. The molecule has 36 heavy (non-hydrogen) atoms. The number of amides is 2. The molecule has 2 amide bonds. The number of carbonyl (C=O) groups excluding carboxylic acids is 2. The number of piperidine rings is 1. The van der Waals surface area contributed by atoms with Gasteiger partial charge in [0, 0.05) is 24.8 Å². The van der Waals surface area contributed by atoms with Gasteiger partial charge in [0.1, 0.15) is 5.82 Å². The lowest BCUT2D eigenvalue weighted by Crippen LogP contribution is -2.39. The van der Waals surface area contributed by atoms with Gasteiger partial charge in [-0.1, -0.05) is 24.3 Å². The van der Waals surface area contributed by atoms with Crippen LogP contribution in [0.2, 0.25) is 0 Å². The number of hydrogen-bond donors (Lipinski definition) is 1. The number of aromatic nitrogens is 2. The predicted molar refractivity (Wildman–Crippen MR) is 136 cm³/mol. The summed E-state index contributed by atoms with van der Waals surface area (Å²) >= 11 is 3.28. The summed E-state index contributed by atoms with van der Waals surface area (Å²) in [5.41, 5.74) is 3.33. The summed E-state index contributed by atoms with van der Waals surface area (Å²) < 4.78 is 20.7. The van der Waals surface area contributed by atoms with Crippen molar-refractivity contribution >= 4 is 33.4 Å². The van der Waals surface area contributed by atoms with Crippen LogP contribution in [0, 0.1) is 5.82 Å². The lowest BCUT2D eigenvalue weighted by molar-refractivity contribution is 0.0689. The van der Waals surface area contributed by atoms with E-state index >= 15 is 0 Å². The number of halogens is 2. The summed E-state index contributed by atoms with van der Waals surface area (Å²) in [5, 5.41) is 7.20. The Bertz CT molecular complexity index is 1360. The minimum Gasteiger partial charge on any atom is -0.458 e. The zero-order valence-electron chi connectivity index (χ0n) is 19.4. The molecule has 0 unspecified atom stereocenters. The molecule has 1 aliphatic heterocycles. The number of benzene rings is 2. The van der Waals surface area contributed by atoms with Crippen molar-refractivity contribution in [3.63, 3.8) is 0 Å². The molecule has 1 fully saturated rings. The van der Waals surface area contributed by atoms with Crippen LogP contribution < -0.4 is 5.32 Å². The van der Waals surface area contributed by atoms with Gasteiger partial charge in [-0.25, -0.2) is 4.39 Å². The van der Waals surface area contributed by atoms with Crippen molar-refractivity contribution in [3.05, 3.63) is 106 Å². The highest BCUT2D eigenvalue weighted by atomic mass is 79.9. The highest BCUT2D eigenvalue weighted by Gasteiger charge is 2.25. The molecule has 0 atom stereocenters. The number of nitrogens with zero attached hydrogens (tertiary/aromatic N) is 3. The number of likely N-dealkylation sites (tertiary alicyclic amines) is 1. The van der Waals surface area contributed by atoms with Crippen LogP contribution in [0.15, 0.2) is 82.1 Å². The SMILES string of the molecule is O=C(Nc1cnn(C2CCN(C(=O)c3ccc(Cc4ccc(F)cc4)cc3)CC2)c1)c1occc1Br. The van der Waals surface area contributed by atoms with Crippen molar-refractivity contribution < 1.29 is 18.4 Å². The van der Waals surface area contributed by atoms with Gasteiger partial charge in [-0.05, 0) is 76.7 Å². The minimum absolute atomic E-state index is 0.0132. The lowest BCUT2D eigenvalue weighted by Gasteiger charge is -2.32. The van der Waals surface area contributed by atoms with Gasteiger partial charge in [0.25, 0.3) is 11.8 Å². The van der Waals surface area contributed by atoms with Gasteiger partial charge in [0.2, 0.25) is 5.76 Å². The van der Waals surface area contributed by atoms with Gasteiger partial charge >= 0.3 is 0 Å². The Kier molecular flexibility index (Phi) is 6.99. The second-order valence-electron chi connectivity index (χ2n) is 8.78. The van der Waals surface area contributed by atoms with Crippen molar-refractivity contribution in [1.82, 2.24) is 14.7 Å². The monoisotopic (exact) mass is 550 g/mol. The van der Waals surface area contributed by atoms with E-state index in [9.17, 15) is 14.0 Å². The molecule has 2 aromatic carbocycles. The molecule has 1 N–H and O–H groups in total. The maximum atomic E-state index is 13.1. The number of nitrogens with one attached hydrogen (secondary N) is 1. The Hall–Kier alpha value is -3.72. The third-order valence-electron chi connectivity index (χ3n) is 6.33. The van der Waals surface area contributed by atoms with E-state index in [2.05, 4.69) is 26.3 Å². The Labute approximate surface area is 216 Å². The first-order chi connectivity index (χ1) is 17.5. The summed E-state index contributed by atoms with van der Waals surface area (Å²) in [6, 6.07) is 15.9. The van der Waals surface area contributed by atoms with E-state index in [1.165, 1.54) is 18.4 Å². The van der Waals surface area contributed by atoms with E-state index in [0.717, 1.165) is 24.0 Å². The van der Waals surface area contributed by atoms with E-state index in [-0.39, 0.29) is 29.4 Å². The van der Waals surface area contributed by atoms with E-state index in [1.807, 2.05) is 33.8 Å². The van der Waals surface area contributed by atoms with Crippen LogP contribution in [0.1, 0.15) is 50.9 Å². The molecular formula is C27H24BrFN4O3. The molecule has 0 spiro atoms. The molecule has 2 aromatic heterocycles. The van der Waals surface area contributed by atoms with Crippen LogP contribution in [0.4, 0.5) is 10.1 Å². The fraction of sp³-hybridized carbons (Fsp3) is 0.222. The number of anilines is 1. The lowest BCUT2D eigenvalue weighted by atomic mass is 10.0. The molecule has 7 nitrogen and oxygen atoms in total. The van der Waals surface area contributed by atoms with Crippen LogP contribution in [-0.4, -0.2) is 39.6 Å². The van der Waals surface area contributed by atoms with Crippen LogP contribution in [0.25, 0.3) is 0 Å². The van der Waals surface area contributed by atoms with Crippen molar-refractivity contribution in [1.29, 1.82) is 0 Å². The van der Waals surface area contributed by atoms with Crippen molar-refractivity contribution in [3.8, 4) is 0 Å². The van der Waals surface area contributed by atoms with Gasteiger partial charge in [0.15, 0.2) is 0 Å². The summed E-state index contributed by atoms with van der Waals surface area (Å²) in [7, 11) is 0. The molecule has 4 aromatic rings. The zero-order valence-corrected chi connectivity index (χ0v) is 20.9. The first-order valence-corrected chi connectivity index (χ1v) is 12.5. The largest absolute Gasteiger partial charge is 0.458 e. The van der Waals surface area contributed by atoms with Crippen LogP contribution in [0.3, 0.4) is 0 Å². The second kappa shape index (κ2) is 10.5. The smallest absolute Gasteiger partial charge is 0.292 e. The Morgan fingerprint density at radius 3 is 2.33 bits per heavy atom. The summed E-state index contributed by atoms with van der Waals surface area (Å²) in [6.07, 6.45) is 7.09. The fourth-order valence-electron chi connectivity index (χ4n) is 4.37. The first-order valence-electron chi connectivity index (χ1n) is 11.7. The fourth-order valence-corrected chi connectivity index (χ4v) is 4.75. The maximum Gasteiger partial charge on any atom is 0.292 e. The third kappa shape index (κ3) is 5.41. The maximum absolute atomic E-state index is 13.1. The molecule has 9 heteroatoms. The van der Waals surface area contributed by atoms with Gasteiger partial charge in [0.05, 0.1) is 28.7 Å². The summed E-state index contributed by atoms with van der Waals surface area (Å²) in [6.45, 7) is 1.25. The average molecular weight is 551 g/mol. The third-order valence-corrected chi connectivity index (χ3v) is 6.96. The number of furan rings is 1. The molecule has 0 bridgehead atoms. The Morgan fingerprint density at radius 2 is 1.69 bits per heavy atom. The van der Waals surface area contributed by atoms with Crippen molar-refractivity contribution in [2.45, 2.75) is 25.3 Å². The Balaban J connectivity index is 1.14. The minimum atomic E-state index is -0.351.